The van der Waals surface area contributed by atoms with E-state index in [-0.39, 0.29) is 22.8 Å². The molecule has 3 N–H and O–H groups in total. The Hall–Kier alpha value is -3.55. The first-order valence-corrected chi connectivity index (χ1v) is 7.44. The van der Waals surface area contributed by atoms with E-state index in [4.69, 9.17) is 18.6 Å². The number of fused-ring (bicyclic) bond motifs is 1. The first-order valence-electron chi connectivity index (χ1n) is 7.44. The molecular weight excluding hydrogens is 344 g/mol. The van der Waals surface area contributed by atoms with Crippen LogP contribution in [-0.4, -0.2) is 36.6 Å². The second-order valence-corrected chi connectivity index (χ2v) is 5.31. The van der Waals surface area contributed by atoms with E-state index >= 15 is 0 Å². The lowest BCUT2D eigenvalue weighted by atomic mass is 10.1. The van der Waals surface area contributed by atoms with Crippen LogP contribution in [-0.2, 0) is 0 Å². The van der Waals surface area contributed by atoms with Crippen LogP contribution in [0.2, 0.25) is 0 Å². The molecule has 3 aromatic rings. The Bertz CT molecular complexity index is 1050. The highest BCUT2D eigenvalue weighted by molar-refractivity contribution is 5.96. The molecule has 0 aliphatic heterocycles. The summed E-state index contributed by atoms with van der Waals surface area (Å²) in [7, 11) is 3.95. The number of phenolic OH excluding ortho intramolecular Hbond substituents is 2. The van der Waals surface area contributed by atoms with Crippen molar-refractivity contribution < 1.29 is 33.9 Å². The lowest BCUT2D eigenvalue weighted by molar-refractivity contribution is 0.317. The number of aromatic hydroxyl groups is 3. The van der Waals surface area contributed by atoms with Gasteiger partial charge in [-0.3, -0.25) is 4.79 Å². The van der Waals surface area contributed by atoms with Gasteiger partial charge in [0.2, 0.25) is 28.4 Å². The first-order chi connectivity index (χ1) is 12.4. The van der Waals surface area contributed by atoms with Gasteiger partial charge in [0.1, 0.15) is 11.1 Å². The highest BCUT2D eigenvalue weighted by Gasteiger charge is 2.27. The standard InChI is InChI=1S/C18H16O8/c1-23-9-6-4-5-8(7-9)15-13(21)11(19)10-12(20)17(24-2)18(25-3)14(22)16(10)26-15/h4-7,20-22H,1-3H3. The smallest absolute Gasteiger partial charge is 0.239 e. The van der Waals surface area contributed by atoms with Crippen LogP contribution in [0.25, 0.3) is 22.3 Å². The summed E-state index contributed by atoms with van der Waals surface area (Å²) in [5.74, 6) is -2.06. The molecule has 0 saturated heterocycles. The zero-order chi connectivity index (χ0) is 19.0. The van der Waals surface area contributed by atoms with Gasteiger partial charge < -0.3 is 33.9 Å². The minimum absolute atomic E-state index is 0.191. The Morgan fingerprint density at radius 3 is 2.15 bits per heavy atom. The molecule has 0 aliphatic rings. The van der Waals surface area contributed by atoms with Crippen LogP contribution in [0.1, 0.15) is 0 Å². The van der Waals surface area contributed by atoms with Gasteiger partial charge in [-0.25, -0.2) is 0 Å². The highest BCUT2D eigenvalue weighted by atomic mass is 16.5. The largest absolute Gasteiger partial charge is 0.504 e. The molecule has 136 valence electrons. The lowest BCUT2D eigenvalue weighted by Gasteiger charge is -2.14. The van der Waals surface area contributed by atoms with Crippen molar-refractivity contribution >= 4 is 11.0 Å². The van der Waals surface area contributed by atoms with E-state index in [1.165, 1.54) is 21.3 Å². The Morgan fingerprint density at radius 1 is 0.885 bits per heavy atom. The number of ether oxygens (including phenoxy) is 3. The van der Waals surface area contributed by atoms with Crippen molar-refractivity contribution in [1.29, 1.82) is 0 Å². The normalized spacial score (nSPS) is 10.7. The van der Waals surface area contributed by atoms with E-state index in [1.807, 2.05) is 0 Å². The minimum Gasteiger partial charge on any atom is -0.504 e. The van der Waals surface area contributed by atoms with Crippen LogP contribution in [0.3, 0.4) is 0 Å². The van der Waals surface area contributed by atoms with Gasteiger partial charge in [0, 0.05) is 5.56 Å². The van der Waals surface area contributed by atoms with Crippen LogP contribution >= 0.6 is 0 Å². The number of hydrogen-bond donors (Lipinski definition) is 3. The minimum atomic E-state index is -0.933. The lowest BCUT2D eigenvalue weighted by Crippen LogP contribution is -2.05. The number of hydrogen-bond acceptors (Lipinski definition) is 8. The molecule has 0 spiro atoms. The molecule has 1 heterocycles. The molecule has 26 heavy (non-hydrogen) atoms. The number of benzene rings is 2. The summed E-state index contributed by atoms with van der Waals surface area (Å²) < 4.78 is 20.7. The van der Waals surface area contributed by atoms with Crippen molar-refractivity contribution in [2.45, 2.75) is 0 Å². The Labute approximate surface area is 147 Å². The topological polar surface area (TPSA) is 119 Å². The maximum Gasteiger partial charge on any atom is 0.239 e. The molecule has 0 radical (unpaired) electrons. The molecule has 0 aliphatic carbocycles. The summed E-state index contributed by atoms with van der Waals surface area (Å²) in [5, 5.41) is 30.6. The molecular formula is C18H16O8. The van der Waals surface area contributed by atoms with Crippen molar-refractivity contribution in [3.8, 4) is 45.8 Å². The molecule has 2 aromatic carbocycles. The molecule has 0 bridgehead atoms. The van der Waals surface area contributed by atoms with E-state index in [0.29, 0.717) is 11.3 Å². The Balaban J connectivity index is 2.44. The van der Waals surface area contributed by atoms with Crippen molar-refractivity contribution in [3.63, 3.8) is 0 Å². The van der Waals surface area contributed by atoms with Gasteiger partial charge in [0.15, 0.2) is 17.1 Å². The molecule has 0 fully saturated rings. The van der Waals surface area contributed by atoms with Gasteiger partial charge in [-0.1, -0.05) is 12.1 Å². The summed E-state index contributed by atoms with van der Waals surface area (Å²) in [6, 6.07) is 6.45. The number of methoxy groups -OCH3 is 3. The fraction of sp³-hybridized carbons (Fsp3) is 0.167. The third-order valence-corrected chi connectivity index (χ3v) is 3.92. The summed E-state index contributed by atoms with van der Waals surface area (Å²) in [6.45, 7) is 0. The summed E-state index contributed by atoms with van der Waals surface area (Å²) in [4.78, 5) is 12.6. The monoisotopic (exact) mass is 360 g/mol. The second kappa shape index (κ2) is 6.40. The van der Waals surface area contributed by atoms with Crippen molar-refractivity contribution in [2.24, 2.45) is 0 Å². The fourth-order valence-electron chi connectivity index (χ4n) is 2.68. The van der Waals surface area contributed by atoms with Gasteiger partial charge in [0.05, 0.1) is 21.3 Å². The first kappa shape index (κ1) is 17.3. The van der Waals surface area contributed by atoms with Crippen LogP contribution in [0.15, 0.2) is 33.5 Å². The third kappa shape index (κ3) is 2.43. The van der Waals surface area contributed by atoms with Crippen LogP contribution in [0.4, 0.5) is 0 Å². The van der Waals surface area contributed by atoms with E-state index in [2.05, 4.69) is 0 Å². The number of rotatable bonds is 4. The van der Waals surface area contributed by atoms with Crippen molar-refractivity contribution in [2.75, 3.05) is 21.3 Å². The van der Waals surface area contributed by atoms with E-state index < -0.39 is 28.1 Å². The average molecular weight is 360 g/mol. The van der Waals surface area contributed by atoms with Gasteiger partial charge in [0.25, 0.3) is 0 Å². The number of phenols is 2. The maximum absolute atomic E-state index is 12.6. The van der Waals surface area contributed by atoms with Crippen LogP contribution < -0.4 is 19.6 Å². The van der Waals surface area contributed by atoms with E-state index in [1.54, 1.807) is 24.3 Å². The predicted octanol–water partition coefficient (Wildman–Crippen LogP) is 2.60. The van der Waals surface area contributed by atoms with Gasteiger partial charge in [-0.2, -0.15) is 0 Å². The maximum atomic E-state index is 12.6. The Morgan fingerprint density at radius 2 is 1.54 bits per heavy atom. The van der Waals surface area contributed by atoms with E-state index in [9.17, 15) is 20.1 Å². The molecule has 1 aromatic heterocycles. The van der Waals surface area contributed by atoms with Crippen LogP contribution in [0.5, 0.6) is 34.5 Å². The highest BCUT2D eigenvalue weighted by Crippen LogP contribution is 2.50. The van der Waals surface area contributed by atoms with E-state index in [0.717, 1.165) is 0 Å². The predicted molar refractivity (Wildman–Crippen MR) is 92.6 cm³/mol. The molecule has 0 unspecified atom stereocenters. The summed E-state index contributed by atoms with van der Waals surface area (Å²) in [5.41, 5.74) is -0.937. The van der Waals surface area contributed by atoms with Gasteiger partial charge in [-0.05, 0) is 12.1 Å². The second-order valence-electron chi connectivity index (χ2n) is 5.31. The molecule has 0 saturated carbocycles. The van der Waals surface area contributed by atoms with Gasteiger partial charge in [-0.15, -0.1) is 0 Å². The zero-order valence-corrected chi connectivity index (χ0v) is 14.2. The molecule has 8 heteroatoms. The Kier molecular flexibility index (Phi) is 4.25. The molecule has 3 rings (SSSR count). The van der Waals surface area contributed by atoms with Gasteiger partial charge >= 0.3 is 0 Å². The molecule has 0 atom stereocenters. The molecule has 0 amide bonds. The van der Waals surface area contributed by atoms with Crippen molar-refractivity contribution in [3.05, 3.63) is 34.5 Å². The van der Waals surface area contributed by atoms with Crippen LogP contribution in [0, 0.1) is 0 Å². The molecule has 8 nitrogen and oxygen atoms in total. The third-order valence-electron chi connectivity index (χ3n) is 3.92. The quantitative estimate of drug-likeness (QED) is 0.608. The SMILES string of the molecule is COc1cccc(-c2oc3c(O)c(OC)c(OC)c(O)c3c(=O)c2O)c1. The van der Waals surface area contributed by atoms with Crippen molar-refractivity contribution in [1.82, 2.24) is 0 Å². The fourth-order valence-corrected chi connectivity index (χ4v) is 2.68. The summed E-state index contributed by atoms with van der Waals surface area (Å²) in [6.07, 6.45) is 0. The zero-order valence-electron chi connectivity index (χ0n) is 14.2. The summed E-state index contributed by atoms with van der Waals surface area (Å²) >= 11 is 0. The average Bonchev–Trinajstić information content (AvgIpc) is 2.66.